The number of carbonyl (C=O) groups excluding carboxylic acids is 1. The maximum absolute atomic E-state index is 12.2. The molecule has 1 aliphatic rings. The van der Waals surface area contributed by atoms with Crippen molar-refractivity contribution in [3.63, 3.8) is 0 Å². The second kappa shape index (κ2) is 5.17. The van der Waals surface area contributed by atoms with Gasteiger partial charge in [0, 0.05) is 22.3 Å². The number of carbonyl (C=O) groups is 1. The minimum atomic E-state index is 0.0990. The lowest BCUT2D eigenvalue weighted by Gasteiger charge is -2.05. The number of allylic oxidation sites excluding steroid dienone is 1. The Morgan fingerprint density at radius 2 is 1.85 bits per heavy atom. The van der Waals surface area contributed by atoms with Gasteiger partial charge >= 0.3 is 0 Å². The van der Waals surface area contributed by atoms with E-state index in [1.54, 1.807) is 6.20 Å². The molecule has 0 aromatic heterocycles. The van der Waals surface area contributed by atoms with E-state index in [1.807, 2.05) is 30.3 Å². The van der Waals surface area contributed by atoms with Gasteiger partial charge in [0.2, 0.25) is 5.78 Å². The van der Waals surface area contributed by atoms with E-state index >= 15 is 0 Å². The lowest BCUT2D eigenvalue weighted by Crippen LogP contribution is -1.97. The van der Waals surface area contributed by atoms with Crippen molar-refractivity contribution in [3.8, 4) is 0 Å². The van der Waals surface area contributed by atoms with Crippen molar-refractivity contribution in [3.05, 3.63) is 70.3 Å². The Hall–Kier alpha value is -2.00. The first-order chi connectivity index (χ1) is 9.65. The van der Waals surface area contributed by atoms with E-state index in [4.69, 9.17) is 0 Å². The standard InChI is InChI=1S/C17H15NOS/c1-11-7-8-13(9-12(11)2)18-10-16-17(19)14-5-3-4-6-15(14)20-16/h3-10,18H,1-2H3/b16-10-. The van der Waals surface area contributed by atoms with Gasteiger partial charge in [0.15, 0.2) is 0 Å². The summed E-state index contributed by atoms with van der Waals surface area (Å²) < 4.78 is 0. The van der Waals surface area contributed by atoms with Gasteiger partial charge in [0.1, 0.15) is 0 Å². The van der Waals surface area contributed by atoms with Gasteiger partial charge in [-0.2, -0.15) is 0 Å². The monoisotopic (exact) mass is 281 g/mol. The number of ketones is 1. The predicted octanol–water partition coefficient (Wildman–Crippen LogP) is 4.55. The Morgan fingerprint density at radius 1 is 1.05 bits per heavy atom. The fraction of sp³-hybridized carbons (Fsp3) is 0.118. The fourth-order valence-corrected chi connectivity index (χ4v) is 3.09. The number of Topliss-reactive ketones (excluding diaryl/α,β-unsaturated/α-hetero) is 1. The van der Waals surface area contributed by atoms with Gasteiger partial charge in [-0.1, -0.05) is 30.0 Å². The van der Waals surface area contributed by atoms with Crippen molar-refractivity contribution in [2.45, 2.75) is 18.7 Å². The summed E-state index contributed by atoms with van der Waals surface area (Å²) in [6, 6.07) is 13.9. The highest BCUT2D eigenvalue weighted by atomic mass is 32.2. The molecular formula is C17H15NOS. The summed E-state index contributed by atoms with van der Waals surface area (Å²) >= 11 is 1.52. The summed E-state index contributed by atoms with van der Waals surface area (Å²) in [7, 11) is 0. The zero-order valence-electron chi connectivity index (χ0n) is 11.4. The maximum atomic E-state index is 12.2. The van der Waals surface area contributed by atoms with Gasteiger partial charge in [0.05, 0.1) is 4.91 Å². The van der Waals surface area contributed by atoms with Crippen LogP contribution >= 0.6 is 11.8 Å². The predicted molar refractivity (Wildman–Crippen MR) is 84.3 cm³/mol. The molecule has 100 valence electrons. The highest BCUT2D eigenvalue weighted by Crippen LogP contribution is 2.39. The Labute approximate surface area is 122 Å². The van der Waals surface area contributed by atoms with E-state index < -0.39 is 0 Å². The van der Waals surface area contributed by atoms with Crippen molar-refractivity contribution in [2.24, 2.45) is 0 Å². The number of hydrogen-bond donors (Lipinski definition) is 1. The van der Waals surface area contributed by atoms with Crippen LogP contribution in [0.3, 0.4) is 0 Å². The van der Waals surface area contributed by atoms with E-state index in [-0.39, 0.29) is 5.78 Å². The number of rotatable bonds is 2. The third-order valence-corrected chi connectivity index (χ3v) is 4.55. The number of thioether (sulfide) groups is 1. The summed E-state index contributed by atoms with van der Waals surface area (Å²) in [5.41, 5.74) is 4.31. The van der Waals surface area contributed by atoms with Crippen LogP contribution in [-0.2, 0) is 0 Å². The molecule has 2 aromatic carbocycles. The Kier molecular flexibility index (Phi) is 3.36. The van der Waals surface area contributed by atoms with Gasteiger partial charge < -0.3 is 5.32 Å². The normalized spacial score (nSPS) is 15.5. The van der Waals surface area contributed by atoms with Crippen LogP contribution in [0.1, 0.15) is 21.5 Å². The molecule has 0 spiro atoms. The second-order valence-electron chi connectivity index (χ2n) is 4.88. The minimum absolute atomic E-state index is 0.0990. The highest BCUT2D eigenvalue weighted by Gasteiger charge is 2.24. The average Bonchev–Trinajstić information content (AvgIpc) is 2.77. The third kappa shape index (κ3) is 2.37. The zero-order chi connectivity index (χ0) is 14.1. The second-order valence-corrected chi connectivity index (χ2v) is 5.96. The largest absolute Gasteiger partial charge is 0.360 e. The van der Waals surface area contributed by atoms with Crippen LogP contribution in [0.5, 0.6) is 0 Å². The lowest BCUT2D eigenvalue weighted by molar-refractivity contribution is 0.104. The summed E-state index contributed by atoms with van der Waals surface area (Å²) in [4.78, 5) is 14.0. The number of anilines is 1. The zero-order valence-corrected chi connectivity index (χ0v) is 12.3. The molecule has 2 aromatic rings. The van der Waals surface area contributed by atoms with Crippen molar-refractivity contribution in [1.82, 2.24) is 0 Å². The molecule has 0 saturated heterocycles. The Balaban J connectivity index is 1.81. The van der Waals surface area contributed by atoms with Crippen LogP contribution in [0, 0.1) is 13.8 Å². The van der Waals surface area contributed by atoms with E-state index in [2.05, 4.69) is 31.3 Å². The Morgan fingerprint density at radius 3 is 2.60 bits per heavy atom. The SMILES string of the molecule is Cc1ccc(N/C=C2\Sc3ccccc3C2=O)cc1C. The maximum Gasteiger partial charge on any atom is 0.202 e. The van der Waals surface area contributed by atoms with Crippen LogP contribution < -0.4 is 5.32 Å². The molecule has 0 amide bonds. The number of fused-ring (bicyclic) bond motifs is 1. The molecule has 0 radical (unpaired) electrons. The summed E-state index contributed by atoms with van der Waals surface area (Å²) in [5, 5.41) is 3.22. The molecule has 3 rings (SSSR count). The molecule has 1 heterocycles. The van der Waals surface area contributed by atoms with Crippen LogP contribution in [0.2, 0.25) is 0 Å². The lowest BCUT2D eigenvalue weighted by atomic mass is 10.1. The summed E-state index contributed by atoms with van der Waals surface area (Å²) in [6.45, 7) is 4.17. The molecule has 3 heteroatoms. The quantitative estimate of drug-likeness (QED) is 0.819. The molecule has 2 nitrogen and oxygen atoms in total. The van der Waals surface area contributed by atoms with Crippen LogP contribution in [0.4, 0.5) is 5.69 Å². The molecule has 1 N–H and O–H groups in total. The molecule has 0 atom stereocenters. The van der Waals surface area contributed by atoms with Crippen molar-refractivity contribution >= 4 is 23.2 Å². The van der Waals surface area contributed by atoms with E-state index in [0.29, 0.717) is 0 Å². The molecule has 1 aliphatic heterocycles. The van der Waals surface area contributed by atoms with E-state index in [0.717, 1.165) is 21.1 Å². The molecule has 0 aliphatic carbocycles. The van der Waals surface area contributed by atoms with Crippen LogP contribution in [0.25, 0.3) is 0 Å². The van der Waals surface area contributed by atoms with Crippen LogP contribution in [-0.4, -0.2) is 5.78 Å². The molecular weight excluding hydrogens is 266 g/mol. The molecule has 0 fully saturated rings. The van der Waals surface area contributed by atoms with E-state index in [1.165, 1.54) is 22.9 Å². The Bertz CT molecular complexity index is 719. The van der Waals surface area contributed by atoms with E-state index in [9.17, 15) is 4.79 Å². The average molecular weight is 281 g/mol. The smallest absolute Gasteiger partial charge is 0.202 e. The summed E-state index contributed by atoms with van der Waals surface area (Å²) in [5.74, 6) is 0.0990. The molecule has 0 unspecified atom stereocenters. The molecule has 0 saturated carbocycles. The van der Waals surface area contributed by atoms with Crippen LogP contribution in [0.15, 0.2) is 58.5 Å². The minimum Gasteiger partial charge on any atom is -0.360 e. The number of hydrogen-bond acceptors (Lipinski definition) is 3. The molecule has 0 bridgehead atoms. The number of nitrogens with one attached hydrogen (secondary N) is 1. The van der Waals surface area contributed by atoms with Gasteiger partial charge in [-0.05, 0) is 49.2 Å². The van der Waals surface area contributed by atoms with Gasteiger partial charge in [-0.25, -0.2) is 0 Å². The first-order valence-electron chi connectivity index (χ1n) is 6.51. The van der Waals surface area contributed by atoms with Gasteiger partial charge in [-0.15, -0.1) is 0 Å². The molecule has 20 heavy (non-hydrogen) atoms. The van der Waals surface area contributed by atoms with Crippen molar-refractivity contribution in [2.75, 3.05) is 5.32 Å². The summed E-state index contributed by atoms with van der Waals surface area (Å²) in [6.07, 6.45) is 1.80. The fourth-order valence-electron chi connectivity index (χ4n) is 2.12. The van der Waals surface area contributed by atoms with Gasteiger partial charge in [0.25, 0.3) is 0 Å². The first-order valence-corrected chi connectivity index (χ1v) is 7.32. The highest BCUT2D eigenvalue weighted by molar-refractivity contribution is 8.04. The topological polar surface area (TPSA) is 29.1 Å². The first kappa shape index (κ1) is 13.0. The number of aryl methyl sites for hydroxylation is 2. The third-order valence-electron chi connectivity index (χ3n) is 3.45. The number of benzene rings is 2. The van der Waals surface area contributed by atoms with Gasteiger partial charge in [-0.3, -0.25) is 4.79 Å². The van der Waals surface area contributed by atoms with Crippen molar-refractivity contribution < 1.29 is 4.79 Å². The van der Waals surface area contributed by atoms with Crippen molar-refractivity contribution in [1.29, 1.82) is 0 Å².